The van der Waals surface area contributed by atoms with Gasteiger partial charge in [0.25, 0.3) is 0 Å². The van der Waals surface area contributed by atoms with Crippen LogP contribution in [0.25, 0.3) is 11.3 Å². The SMILES string of the molecule is N/C(=C\C(=O)[C@H](Cc1ccc(-c2ccccn2)cc1)N(Cc1ccccc1)Cc1ccccc1)Cc1ccccc1. The minimum atomic E-state index is -0.398. The first-order valence-electron chi connectivity index (χ1n) is 14.0. The Balaban J connectivity index is 1.46. The van der Waals surface area contributed by atoms with Crippen molar-refractivity contribution in [2.24, 2.45) is 5.73 Å². The number of hydrogen-bond acceptors (Lipinski definition) is 4. The summed E-state index contributed by atoms with van der Waals surface area (Å²) in [7, 11) is 0. The second-order valence-electron chi connectivity index (χ2n) is 10.3. The number of aromatic nitrogens is 1. The Kier molecular flexibility index (Phi) is 9.49. The number of allylic oxidation sites excluding steroid dienone is 1. The molecule has 4 nitrogen and oxygen atoms in total. The number of rotatable bonds is 12. The number of carbonyl (C=O) groups is 1. The van der Waals surface area contributed by atoms with Gasteiger partial charge >= 0.3 is 0 Å². The summed E-state index contributed by atoms with van der Waals surface area (Å²) < 4.78 is 0. The van der Waals surface area contributed by atoms with Gasteiger partial charge in [0, 0.05) is 43.0 Å². The van der Waals surface area contributed by atoms with Crippen molar-refractivity contribution in [3.63, 3.8) is 0 Å². The monoisotopic (exact) mass is 537 g/mol. The van der Waals surface area contributed by atoms with Gasteiger partial charge in [0.15, 0.2) is 5.78 Å². The number of ketones is 1. The van der Waals surface area contributed by atoms with Crippen LogP contribution in [0, 0.1) is 0 Å². The van der Waals surface area contributed by atoms with E-state index >= 15 is 0 Å². The first-order valence-corrected chi connectivity index (χ1v) is 14.0. The fourth-order valence-electron chi connectivity index (χ4n) is 5.05. The lowest BCUT2D eigenvalue weighted by Gasteiger charge is -2.31. The lowest BCUT2D eigenvalue weighted by atomic mass is 9.96. The fourth-order valence-corrected chi connectivity index (χ4v) is 5.05. The van der Waals surface area contributed by atoms with Gasteiger partial charge in [0.05, 0.1) is 11.7 Å². The van der Waals surface area contributed by atoms with E-state index in [4.69, 9.17) is 5.73 Å². The van der Waals surface area contributed by atoms with Crippen molar-refractivity contribution in [2.45, 2.75) is 32.0 Å². The van der Waals surface area contributed by atoms with Crippen LogP contribution in [0.5, 0.6) is 0 Å². The number of pyridine rings is 1. The maximum Gasteiger partial charge on any atom is 0.174 e. The number of hydrogen-bond donors (Lipinski definition) is 1. The van der Waals surface area contributed by atoms with Gasteiger partial charge in [-0.3, -0.25) is 14.7 Å². The highest BCUT2D eigenvalue weighted by atomic mass is 16.1. The van der Waals surface area contributed by atoms with Gasteiger partial charge in [0.2, 0.25) is 0 Å². The highest BCUT2D eigenvalue weighted by Crippen LogP contribution is 2.22. The summed E-state index contributed by atoms with van der Waals surface area (Å²) >= 11 is 0. The van der Waals surface area contributed by atoms with E-state index in [2.05, 4.69) is 58.4 Å². The summed E-state index contributed by atoms with van der Waals surface area (Å²) in [5, 5.41) is 0. The van der Waals surface area contributed by atoms with E-state index in [0.717, 1.165) is 33.5 Å². The molecule has 4 aromatic carbocycles. The molecule has 1 aromatic heterocycles. The zero-order valence-corrected chi connectivity index (χ0v) is 23.1. The van der Waals surface area contributed by atoms with Crippen molar-refractivity contribution < 1.29 is 4.79 Å². The molecule has 4 heteroatoms. The smallest absolute Gasteiger partial charge is 0.174 e. The van der Waals surface area contributed by atoms with E-state index in [9.17, 15) is 4.79 Å². The summed E-state index contributed by atoms with van der Waals surface area (Å²) in [6.07, 6.45) is 4.55. The second-order valence-corrected chi connectivity index (χ2v) is 10.3. The number of carbonyl (C=O) groups excluding carboxylic acids is 1. The Morgan fingerprint density at radius 3 is 1.73 bits per heavy atom. The van der Waals surface area contributed by atoms with E-state index < -0.39 is 6.04 Å². The quantitative estimate of drug-likeness (QED) is 0.174. The summed E-state index contributed by atoms with van der Waals surface area (Å²) in [6, 6.07) is 44.5. The van der Waals surface area contributed by atoms with Crippen LogP contribution in [0.3, 0.4) is 0 Å². The molecule has 0 radical (unpaired) electrons. The summed E-state index contributed by atoms with van der Waals surface area (Å²) in [4.78, 5) is 20.8. The van der Waals surface area contributed by atoms with Crippen LogP contribution >= 0.6 is 0 Å². The molecule has 0 spiro atoms. The number of benzene rings is 4. The number of nitrogens with zero attached hydrogens (tertiary/aromatic N) is 2. The van der Waals surface area contributed by atoms with Crippen molar-refractivity contribution in [3.05, 3.63) is 174 Å². The Hall–Kier alpha value is -4.80. The molecular weight excluding hydrogens is 502 g/mol. The van der Waals surface area contributed by atoms with Crippen molar-refractivity contribution in [1.29, 1.82) is 0 Å². The molecule has 5 rings (SSSR count). The third-order valence-electron chi connectivity index (χ3n) is 7.15. The second kappa shape index (κ2) is 14.0. The predicted molar refractivity (Wildman–Crippen MR) is 167 cm³/mol. The molecule has 0 amide bonds. The molecule has 0 unspecified atom stereocenters. The molecule has 0 saturated heterocycles. The maximum atomic E-state index is 14.1. The zero-order chi connectivity index (χ0) is 28.3. The van der Waals surface area contributed by atoms with Crippen LogP contribution in [0.2, 0.25) is 0 Å². The van der Waals surface area contributed by atoms with Gasteiger partial charge in [-0.25, -0.2) is 0 Å². The van der Waals surface area contributed by atoms with Crippen molar-refractivity contribution in [1.82, 2.24) is 9.88 Å². The van der Waals surface area contributed by atoms with Gasteiger partial charge in [-0.05, 0) is 40.8 Å². The highest BCUT2D eigenvalue weighted by molar-refractivity contribution is 5.95. The first-order chi connectivity index (χ1) is 20.1. The molecule has 1 heterocycles. The van der Waals surface area contributed by atoms with Gasteiger partial charge < -0.3 is 5.73 Å². The molecule has 41 heavy (non-hydrogen) atoms. The standard InChI is InChI=1S/C37H35N3O/c38-34(24-29-12-4-1-5-13-29)26-37(41)36(25-30-19-21-33(22-20-30)35-18-10-11-23-39-35)40(27-31-14-6-2-7-15-31)28-32-16-8-3-9-17-32/h1-23,26,36H,24-25,27-28,38H2/b34-26-/t36-/m0/s1. The van der Waals surface area contributed by atoms with Gasteiger partial charge in [-0.1, -0.05) is 121 Å². The molecule has 1 atom stereocenters. The highest BCUT2D eigenvalue weighted by Gasteiger charge is 2.26. The van der Waals surface area contributed by atoms with Crippen LogP contribution in [0.4, 0.5) is 0 Å². The van der Waals surface area contributed by atoms with Crippen LogP contribution < -0.4 is 5.73 Å². The summed E-state index contributed by atoms with van der Waals surface area (Å²) in [5.74, 6) is 0.0131. The largest absolute Gasteiger partial charge is 0.402 e. The molecule has 0 fully saturated rings. The van der Waals surface area contributed by atoms with Crippen LogP contribution in [-0.2, 0) is 30.7 Å². The topological polar surface area (TPSA) is 59.2 Å². The van der Waals surface area contributed by atoms with Crippen LogP contribution in [0.1, 0.15) is 22.3 Å². The lowest BCUT2D eigenvalue weighted by Crippen LogP contribution is -2.41. The number of nitrogens with two attached hydrogens (primary N) is 1. The first kappa shape index (κ1) is 27.8. The van der Waals surface area contributed by atoms with E-state index in [-0.39, 0.29) is 5.78 Å². The molecular formula is C37H35N3O. The molecule has 0 aliphatic heterocycles. The van der Waals surface area contributed by atoms with Crippen LogP contribution in [-0.4, -0.2) is 21.7 Å². The third-order valence-corrected chi connectivity index (χ3v) is 7.15. The van der Waals surface area contributed by atoms with Gasteiger partial charge in [-0.2, -0.15) is 0 Å². The average Bonchev–Trinajstić information content (AvgIpc) is 3.02. The van der Waals surface area contributed by atoms with Crippen molar-refractivity contribution in [2.75, 3.05) is 0 Å². The predicted octanol–water partition coefficient (Wildman–Crippen LogP) is 7.02. The Morgan fingerprint density at radius 2 is 1.20 bits per heavy atom. The Morgan fingerprint density at radius 1 is 0.659 bits per heavy atom. The van der Waals surface area contributed by atoms with Gasteiger partial charge in [0.1, 0.15) is 0 Å². The zero-order valence-electron chi connectivity index (χ0n) is 23.1. The summed E-state index contributed by atoms with van der Waals surface area (Å²) in [6.45, 7) is 1.29. The molecule has 0 aliphatic carbocycles. The van der Waals surface area contributed by atoms with E-state index in [1.165, 1.54) is 0 Å². The fraction of sp³-hybridized carbons (Fsp3) is 0.135. The van der Waals surface area contributed by atoms with E-state index in [1.807, 2.05) is 84.9 Å². The minimum absolute atomic E-state index is 0.0131. The minimum Gasteiger partial charge on any atom is -0.402 e. The normalized spacial score (nSPS) is 12.3. The lowest BCUT2D eigenvalue weighted by molar-refractivity contribution is -0.120. The van der Waals surface area contributed by atoms with Crippen LogP contribution in [0.15, 0.2) is 151 Å². The molecule has 5 aromatic rings. The summed E-state index contributed by atoms with van der Waals surface area (Å²) in [5.41, 5.74) is 13.5. The van der Waals surface area contributed by atoms with Crippen molar-refractivity contribution >= 4 is 5.78 Å². The molecule has 0 saturated carbocycles. The Bertz CT molecular complexity index is 1490. The third kappa shape index (κ3) is 8.10. The molecule has 2 N–H and O–H groups in total. The van der Waals surface area contributed by atoms with Crippen molar-refractivity contribution in [3.8, 4) is 11.3 Å². The maximum absolute atomic E-state index is 14.1. The van der Waals surface area contributed by atoms with E-state index in [1.54, 1.807) is 12.3 Å². The molecule has 0 aliphatic rings. The molecule has 204 valence electrons. The van der Waals surface area contributed by atoms with Gasteiger partial charge in [-0.15, -0.1) is 0 Å². The average molecular weight is 538 g/mol. The molecule has 0 bridgehead atoms. The van der Waals surface area contributed by atoms with E-state index in [0.29, 0.717) is 31.6 Å². The Labute approximate surface area is 242 Å².